The standard InChI is InChI=1S/C18H16ClNO2/c19-14-6-7-15-13-8-9-20(17(10-13)16(15)11-14)22-18(21)12-4-2-1-3-5-12/h1-7,11,13,17H,8-10H2. The van der Waals surface area contributed by atoms with Crippen LogP contribution in [0.15, 0.2) is 48.5 Å². The number of rotatable bonds is 2. The zero-order chi connectivity index (χ0) is 15.1. The molecule has 3 nitrogen and oxygen atoms in total. The highest BCUT2D eigenvalue weighted by Crippen LogP contribution is 2.49. The van der Waals surface area contributed by atoms with E-state index in [0.717, 1.165) is 24.4 Å². The molecule has 0 radical (unpaired) electrons. The molecule has 2 bridgehead atoms. The van der Waals surface area contributed by atoms with Crippen LogP contribution in [0.3, 0.4) is 0 Å². The van der Waals surface area contributed by atoms with E-state index >= 15 is 0 Å². The van der Waals surface area contributed by atoms with E-state index in [1.807, 2.05) is 35.4 Å². The molecular weight excluding hydrogens is 298 g/mol. The van der Waals surface area contributed by atoms with Crippen LogP contribution >= 0.6 is 11.6 Å². The minimum absolute atomic E-state index is 0.125. The van der Waals surface area contributed by atoms with Crippen LogP contribution < -0.4 is 0 Å². The number of fused-ring (bicyclic) bond motifs is 5. The SMILES string of the molecule is O=C(ON1CCC2CC1c1cc(Cl)ccc12)c1ccccc1. The van der Waals surface area contributed by atoms with Gasteiger partial charge in [-0.2, -0.15) is 0 Å². The van der Waals surface area contributed by atoms with Gasteiger partial charge in [0.1, 0.15) is 0 Å². The van der Waals surface area contributed by atoms with Gasteiger partial charge in [0.15, 0.2) is 0 Å². The van der Waals surface area contributed by atoms with Gasteiger partial charge in [-0.25, -0.2) is 4.79 Å². The van der Waals surface area contributed by atoms with Gasteiger partial charge in [-0.3, -0.25) is 0 Å². The molecule has 0 saturated carbocycles. The fourth-order valence-corrected chi connectivity index (χ4v) is 3.74. The van der Waals surface area contributed by atoms with Crippen LogP contribution in [0.2, 0.25) is 5.02 Å². The van der Waals surface area contributed by atoms with Crippen molar-refractivity contribution in [2.45, 2.75) is 24.8 Å². The molecule has 0 amide bonds. The Hall–Kier alpha value is -1.84. The summed E-state index contributed by atoms with van der Waals surface area (Å²) < 4.78 is 0. The zero-order valence-corrected chi connectivity index (χ0v) is 12.8. The Kier molecular flexibility index (Phi) is 3.40. The predicted octanol–water partition coefficient (Wildman–Crippen LogP) is 4.35. The third kappa shape index (κ3) is 2.31. The van der Waals surface area contributed by atoms with Crippen molar-refractivity contribution in [2.75, 3.05) is 6.54 Å². The lowest BCUT2D eigenvalue weighted by Gasteiger charge is -2.31. The van der Waals surface area contributed by atoms with Gasteiger partial charge in [-0.1, -0.05) is 35.9 Å². The van der Waals surface area contributed by atoms with Crippen molar-refractivity contribution < 1.29 is 9.63 Å². The van der Waals surface area contributed by atoms with Crippen molar-refractivity contribution in [1.29, 1.82) is 0 Å². The number of carbonyl (C=O) groups excluding carboxylic acids is 1. The summed E-state index contributed by atoms with van der Waals surface area (Å²) in [5.41, 5.74) is 3.14. The smallest absolute Gasteiger partial charge is 0.357 e. The van der Waals surface area contributed by atoms with Gasteiger partial charge >= 0.3 is 5.97 Å². The van der Waals surface area contributed by atoms with E-state index in [-0.39, 0.29) is 12.0 Å². The summed E-state index contributed by atoms with van der Waals surface area (Å²) in [6.07, 6.45) is 2.00. The number of halogens is 1. The number of nitrogens with zero attached hydrogens (tertiary/aromatic N) is 1. The lowest BCUT2D eigenvalue weighted by atomic mass is 9.96. The summed E-state index contributed by atoms with van der Waals surface area (Å²) in [7, 11) is 0. The molecule has 2 aromatic rings. The minimum atomic E-state index is -0.297. The van der Waals surface area contributed by atoms with E-state index in [9.17, 15) is 4.79 Å². The first-order valence-electron chi connectivity index (χ1n) is 7.56. The number of carbonyl (C=O) groups is 1. The van der Waals surface area contributed by atoms with Crippen molar-refractivity contribution in [1.82, 2.24) is 5.06 Å². The van der Waals surface area contributed by atoms with Crippen LogP contribution in [0.25, 0.3) is 0 Å². The molecule has 1 fully saturated rings. The van der Waals surface area contributed by atoms with Crippen molar-refractivity contribution in [3.05, 3.63) is 70.2 Å². The summed E-state index contributed by atoms with van der Waals surface area (Å²) >= 11 is 6.14. The van der Waals surface area contributed by atoms with Gasteiger partial charge in [0.25, 0.3) is 0 Å². The van der Waals surface area contributed by atoms with Crippen LogP contribution in [-0.2, 0) is 4.84 Å². The average Bonchev–Trinajstić information content (AvgIpc) is 2.84. The predicted molar refractivity (Wildman–Crippen MR) is 84.7 cm³/mol. The van der Waals surface area contributed by atoms with Crippen molar-refractivity contribution >= 4 is 17.6 Å². The summed E-state index contributed by atoms with van der Waals surface area (Å²) in [4.78, 5) is 17.9. The number of benzene rings is 2. The van der Waals surface area contributed by atoms with Crippen molar-refractivity contribution in [3.8, 4) is 0 Å². The molecule has 2 unspecified atom stereocenters. The summed E-state index contributed by atoms with van der Waals surface area (Å²) in [6.45, 7) is 0.764. The lowest BCUT2D eigenvalue weighted by Crippen LogP contribution is -2.34. The number of hydrogen-bond acceptors (Lipinski definition) is 3. The summed E-state index contributed by atoms with van der Waals surface area (Å²) in [5.74, 6) is 0.262. The van der Waals surface area contributed by atoms with E-state index in [0.29, 0.717) is 11.5 Å². The Labute approximate surface area is 134 Å². The van der Waals surface area contributed by atoms with Crippen LogP contribution in [0, 0.1) is 0 Å². The molecule has 0 aromatic heterocycles. The fourth-order valence-electron chi connectivity index (χ4n) is 3.56. The van der Waals surface area contributed by atoms with E-state index in [1.165, 1.54) is 11.1 Å². The molecule has 4 rings (SSSR count). The van der Waals surface area contributed by atoms with E-state index < -0.39 is 0 Å². The maximum absolute atomic E-state index is 12.3. The average molecular weight is 314 g/mol. The second-order valence-corrected chi connectivity index (χ2v) is 6.33. The molecule has 1 heterocycles. The molecule has 1 saturated heterocycles. The lowest BCUT2D eigenvalue weighted by molar-refractivity contribution is -0.150. The third-order valence-corrected chi connectivity index (χ3v) is 4.85. The summed E-state index contributed by atoms with van der Waals surface area (Å²) in [5, 5.41) is 2.56. The highest BCUT2D eigenvalue weighted by molar-refractivity contribution is 6.30. The van der Waals surface area contributed by atoms with Crippen LogP contribution in [0.1, 0.15) is 46.3 Å². The fraction of sp³-hybridized carbons (Fsp3) is 0.278. The second-order valence-electron chi connectivity index (χ2n) is 5.90. The number of piperidine rings is 1. The number of hydroxylamine groups is 2. The van der Waals surface area contributed by atoms with Gasteiger partial charge in [-0.05, 0) is 54.2 Å². The molecule has 2 atom stereocenters. The maximum Gasteiger partial charge on any atom is 0.357 e. The molecular formula is C18H16ClNO2. The first-order valence-corrected chi connectivity index (χ1v) is 7.93. The maximum atomic E-state index is 12.3. The van der Waals surface area contributed by atoms with Gasteiger partial charge in [0.2, 0.25) is 0 Å². The monoisotopic (exact) mass is 313 g/mol. The zero-order valence-electron chi connectivity index (χ0n) is 12.0. The Balaban J connectivity index is 1.58. The molecule has 2 aromatic carbocycles. The third-order valence-electron chi connectivity index (χ3n) is 4.61. The quantitative estimate of drug-likeness (QED) is 0.825. The largest absolute Gasteiger partial charge is 0.363 e. The van der Waals surface area contributed by atoms with Gasteiger partial charge < -0.3 is 4.84 Å². The minimum Gasteiger partial charge on any atom is -0.363 e. The number of hydrogen-bond donors (Lipinski definition) is 0. The Bertz CT molecular complexity index is 716. The van der Waals surface area contributed by atoms with E-state index in [2.05, 4.69) is 6.07 Å². The Morgan fingerprint density at radius 3 is 2.77 bits per heavy atom. The Morgan fingerprint density at radius 1 is 1.14 bits per heavy atom. The highest BCUT2D eigenvalue weighted by atomic mass is 35.5. The van der Waals surface area contributed by atoms with Gasteiger partial charge in [0, 0.05) is 11.6 Å². The van der Waals surface area contributed by atoms with E-state index in [4.69, 9.17) is 16.4 Å². The van der Waals surface area contributed by atoms with Crippen LogP contribution in [-0.4, -0.2) is 17.6 Å². The molecule has 1 aliphatic carbocycles. The molecule has 112 valence electrons. The van der Waals surface area contributed by atoms with Crippen LogP contribution in [0.5, 0.6) is 0 Å². The highest BCUT2D eigenvalue weighted by Gasteiger charge is 2.40. The van der Waals surface area contributed by atoms with Gasteiger partial charge in [-0.15, -0.1) is 5.06 Å². The molecule has 22 heavy (non-hydrogen) atoms. The Morgan fingerprint density at radius 2 is 1.95 bits per heavy atom. The first kappa shape index (κ1) is 13.8. The molecule has 4 heteroatoms. The topological polar surface area (TPSA) is 29.5 Å². The summed E-state index contributed by atoms with van der Waals surface area (Å²) in [6, 6.07) is 15.3. The molecule has 0 spiro atoms. The van der Waals surface area contributed by atoms with Crippen molar-refractivity contribution in [2.24, 2.45) is 0 Å². The van der Waals surface area contributed by atoms with Crippen molar-refractivity contribution in [3.63, 3.8) is 0 Å². The molecule has 2 aliphatic rings. The van der Waals surface area contributed by atoms with Gasteiger partial charge in [0.05, 0.1) is 11.6 Å². The van der Waals surface area contributed by atoms with Crippen LogP contribution in [0.4, 0.5) is 0 Å². The second kappa shape index (κ2) is 5.41. The molecule has 1 aliphatic heterocycles. The van der Waals surface area contributed by atoms with E-state index in [1.54, 1.807) is 12.1 Å². The first-order chi connectivity index (χ1) is 10.7. The molecule has 0 N–H and O–H groups in total. The normalized spacial score (nSPS) is 23.1.